The summed E-state index contributed by atoms with van der Waals surface area (Å²) in [5.41, 5.74) is 11.7. The predicted octanol–water partition coefficient (Wildman–Crippen LogP) is 26.7. The monoisotopic (exact) mass is 1140 g/mol. The van der Waals surface area contributed by atoms with E-state index in [0.29, 0.717) is 38.4 Å². The van der Waals surface area contributed by atoms with Gasteiger partial charge in [-0.25, -0.2) is 0 Å². The van der Waals surface area contributed by atoms with Crippen LogP contribution in [0.15, 0.2) is 182 Å². The molecule has 2 unspecified atom stereocenters. The number of hydrogen-bond acceptors (Lipinski definition) is 0. The molecule has 0 saturated heterocycles. The van der Waals surface area contributed by atoms with Crippen LogP contribution in [0.1, 0.15) is 274 Å². The van der Waals surface area contributed by atoms with Gasteiger partial charge in [0, 0.05) is 0 Å². The lowest BCUT2D eigenvalue weighted by molar-refractivity contribution is 0.306. The molecule has 0 aromatic heterocycles. The summed E-state index contributed by atoms with van der Waals surface area (Å²) in [5, 5.41) is 0. The van der Waals surface area contributed by atoms with Gasteiger partial charge in [0.25, 0.3) is 0 Å². The zero-order valence-corrected chi connectivity index (χ0v) is 58.6. The molecule has 0 aliphatic heterocycles. The molecule has 0 saturated carbocycles. The Morgan fingerprint density at radius 2 is 0.488 bits per heavy atom. The van der Waals surface area contributed by atoms with Crippen LogP contribution in [-0.2, 0) is 32.1 Å². The summed E-state index contributed by atoms with van der Waals surface area (Å²) in [7, 11) is 0. The Kier molecular flexibility index (Phi) is 38.9. The van der Waals surface area contributed by atoms with Crippen molar-refractivity contribution >= 4 is 0 Å². The van der Waals surface area contributed by atoms with Crippen LogP contribution in [0, 0.1) is 38.4 Å². The van der Waals surface area contributed by atoms with Gasteiger partial charge in [-0.15, -0.1) is 0 Å². The van der Waals surface area contributed by atoms with E-state index in [9.17, 15) is 0 Å². The number of unbranched alkanes of at least 4 members (excludes halogenated alkanes) is 6. The fraction of sp³-hybridized carbons (Fsp3) is 0.571. The Balaban J connectivity index is 0.000000505. The normalized spacial score (nSPS) is 12.4. The lowest BCUT2D eigenvalue weighted by Crippen LogP contribution is -2.12. The third-order valence-electron chi connectivity index (χ3n) is 14.9. The molecule has 0 spiro atoms. The molecule has 0 aliphatic rings. The van der Waals surface area contributed by atoms with Gasteiger partial charge in [-0.05, 0) is 168 Å². The highest BCUT2D eigenvalue weighted by Crippen LogP contribution is 2.31. The highest BCUT2D eigenvalue weighted by Gasteiger charge is 2.17. The maximum Gasteiger partial charge on any atom is -0.0185 e. The first kappa shape index (κ1) is 77.3. The van der Waals surface area contributed by atoms with E-state index in [-0.39, 0.29) is 0 Å². The van der Waals surface area contributed by atoms with Crippen molar-refractivity contribution in [2.45, 2.75) is 273 Å². The highest BCUT2D eigenvalue weighted by molar-refractivity contribution is 5.20. The molecule has 6 aromatic rings. The molecular weight excluding hydrogens is 1010 g/mol. The number of aryl methyl sites for hydroxylation is 4. The molecule has 84 heavy (non-hydrogen) atoms. The molecule has 6 aromatic carbocycles. The minimum atomic E-state index is 0.426. The Morgan fingerprint density at radius 1 is 0.238 bits per heavy atom. The van der Waals surface area contributed by atoms with Crippen molar-refractivity contribution < 1.29 is 0 Å². The van der Waals surface area contributed by atoms with Crippen molar-refractivity contribution in [3.8, 4) is 0 Å². The SMILES string of the molecule is CC(C)(C)CCCCCCc1ccccc1.CC(C)(C)CCCCCc1ccccc1.CC(C)(C)CCCCc1ccccc1.CC(C)(C)CCc1ccccc1.CC(CC(C)(C)C)c1ccccc1.CC(Cc1ccccc1)CC(C)(C)C. The molecule has 0 aliphatic carbocycles. The predicted molar refractivity (Wildman–Crippen MR) is 381 cm³/mol. The summed E-state index contributed by atoms with van der Waals surface area (Å²) in [5.74, 6) is 1.44. The molecule has 6 rings (SSSR count). The largest absolute Gasteiger partial charge is 0.0622 e. The van der Waals surface area contributed by atoms with Gasteiger partial charge in [-0.2, -0.15) is 0 Å². The fourth-order valence-corrected chi connectivity index (χ4v) is 10.5. The van der Waals surface area contributed by atoms with Crippen molar-refractivity contribution in [1.29, 1.82) is 0 Å². The molecule has 0 fully saturated rings. The second kappa shape index (κ2) is 42.2. The standard InChI is InChI=1S/C16H26.C15H24.2C14H22.C13H20.C12H18/c1-16(2,3)14-10-5-4-7-11-15-12-8-6-9-13-15;1-15(2,3)13-9-5-8-12-14-10-6-4-7-11-14;1-12(11-14(2,3)4)10-13-8-6-5-7-9-13;1-14(2,3)12-8-7-11-13-9-5-4-6-10-13;1-11(10-13(2,3)4)12-8-6-5-7-9-12;1-12(2,3)10-9-11-7-5-4-6-8-11/h6,8-9,12-13H,4-5,7,10-11,14H2,1-3H3;4,6-7,10-11H,5,8-9,12-13H2,1-3H3;5-9,12H,10-11H2,1-4H3;4-6,9-10H,7-8,11-12H2,1-3H3;5-9,11H,10H2,1-4H3;4-8H,9-10H2,1-3H3. The van der Waals surface area contributed by atoms with Gasteiger partial charge in [0.15, 0.2) is 0 Å². The maximum absolute atomic E-state index is 2.35. The zero-order valence-electron chi connectivity index (χ0n) is 58.6. The van der Waals surface area contributed by atoms with E-state index in [0.717, 1.165) is 5.92 Å². The Morgan fingerprint density at radius 3 is 0.798 bits per heavy atom. The van der Waals surface area contributed by atoms with Crippen LogP contribution in [0.3, 0.4) is 0 Å². The van der Waals surface area contributed by atoms with Crippen LogP contribution in [0.4, 0.5) is 0 Å². The van der Waals surface area contributed by atoms with Gasteiger partial charge in [0.2, 0.25) is 0 Å². The second-order valence-corrected chi connectivity index (χ2v) is 32.0. The third kappa shape index (κ3) is 50.6. The lowest BCUT2D eigenvalue weighted by atomic mass is 9.82. The molecule has 0 radical (unpaired) electrons. The van der Waals surface area contributed by atoms with Crippen molar-refractivity contribution in [3.05, 3.63) is 215 Å². The van der Waals surface area contributed by atoms with Gasteiger partial charge in [0.1, 0.15) is 0 Å². The summed E-state index contributed by atoms with van der Waals surface area (Å²) in [6, 6.07) is 64.6. The van der Waals surface area contributed by atoms with E-state index < -0.39 is 0 Å². The Hall–Kier alpha value is -4.68. The van der Waals surface area contributed by atoms with E-state index in [1.807, 2.05) is 0 Å². The molecule has 0 amide bonds. The Labute approximate surface area is 523 Å². The molecule has 2 atom stereocenters. The number of hydrogen-bond donors (Lipinski definition) is 0. The first-order chi connectivity index (χ1) is 39.3. The fourth-order valence-electron chi connectivity index (χ4n) is 10.5. The van der Waals surface area contributed by atoms with Gasteiger partial charge < -0.3 is 0 Å². The van der Waals surface area contributed by atoms with E-state index in [4.69, 9.17) is 0 Å². The van der Waals surface area contributed by atoms with E-state index >= 15 is 0 Å². The first-order valence-electron chi connectivity index (χ1n) is 33.5. The second-order valence-electron chi connectivity index (χ2n) is 32.0. The van der Waals surface area contributed by atoms with Crippen LogP contribution in [0.5, 0.6) is 0 Å². The molecule has 0 N–H and O–H groups in total. The molecule has 0 bridgehead atoms. The molecule has 0 heteroatoms. The van der Waals surface area contributed by atoms with Crippen molar-refractivity contribution in [2.24, 2.45) is 38.4 Å². The zero-order chi connectivity index (χ0) is 63.0. The van der Waals surface area contributed by atoms with Gasteiger partial charge in [-0.3, -0.25) is 0 Å². The van der Waals surface area contributed by atoms with Crippen LogP contribution in [-0.4, -0.2) is 0 Å². The van der Waals surface area contributed by atoms with Crippen molar-refractivity contribution in [1.82, 2.24) is 0 Å². The average Bonchev–Trinajstić information content (AvgIpc) is 3.49. The summed E-state index contributed by atoms with van der Waals surface area (Å²) in [4.78, 5) is 0. The van der Waals surface area contributed by atoms with Crippen LogP contribution in [0.25, 0.3) is 0 Å². The van der Waals surface area contributed by atoms with Crippen LogP contribution in [0.2, 0.25) is 0 Å². The molecule has 468 valence electrons. The summed E-state index contributed by atoms with van der Waals surface area (Å²) >= 11 is 0. The minimum Gasteiger partial charge on any atom is -0.0622 e. The van der Waals surface area contributed by atoms with E-state index in [1.54, 1.807) is 0 Å². The van der Waals surface area contributed by atoms with E-state index in [1.165, 1.54) is 162 Å². The quantitative estimate of drug-likeness (QED) is 0.0595. The third-order valence-corrected chi connectivity index (χ3v) is 14.9. The molecule has 0 nitrogen and oxygen atoms in total. The molecular formula is C84H132. The van der Waals surface area contributed by atoms with E-state index in [2.05, 4.69) is 320 Å². The highest BCUT2D eigenvalue weighted by atomic mass is 14.2. The van der Waals surface area contributed by atoms with Crippen LogP contribution < -0.4 is 0 Å². The maximum atomic E-state index is 2.35. The lowest BCUT2D eigenvalue weighted by Gasteiger charge is -2.23. The van der Waals surface area contributed by atoms with Gasteiger partial charge >= 0.3 is 0 Å². The van der Waals surface area contributed by atoms with Crippen LogP contribution >= 0.6 is 0 Å². The molecule has 0 heterocycles. The number of benzene rings is 6. The smallest absolute Gasteiger partial charge is 0.0185 e. The summed E-state index contributed by atoms with van der Waals surface area (Å²) < 4.78 is 0. The number of rotatable bonds is 22. The van der Waals surface area contributed by atoms with Gasteiger partial charge in [-0.1, -0.05) is 359 Å². The van der Waals surface area contributed by atoms with Gasteiger partial charge in [0.05, 0.1) is 0 Å². The van der Waals surface area contributed by atoms with Crippen molar-refractivity contribution in [3.63, 3.8) is 0 Å². The Bertz CT molecular complexity index is 2370. The van der Waals surface area contributed by atoms with Crippen molar-refractivity contribution in [2.75, 3.05) is 0 Å². The summed E-state index contributed by atoms with van der Waals surface area (Å²) in [6.07, 6.45) is 26.2. The minimum absolute atomic E-state index is 0.426. The first-order valence-corrected chi connectivity index (χ1v) is 33.5. The summed E-state index contributed by atoms with van der Waals surface area (Å²) in [6.45, 7) is 46.3. The topological polar surface area (TPSA) is 0 Å². The average molecular weight is 1140 g/mol.